The van der Waals surface area contributed by atoms with Crippen molar-refractivity contribution >= 4 is 27.9 Å². The average molecular weight is 349 g/mol. The van der Waals surface area contributed by atoms with Gasteiger partial charge in [-0.2, -0.15) is 0 Å². The molecule has 0 unspecified atom stereocenters. The topological polar surface area (TPSA) is 115 Å². The predicted molar refractivity (Wildman–Crippen MR) is 75.8 cm³/mol. The van der Waals surface area contributed by atoms with Gasteiger partial charge in [-0.15, -0.1) is 0 Å². The van der Waals surface area contributed by atoms with Gasteiger partial charge in [-0.25, -0.2) is 0 Å². The lowest BCUT2D eigenvalue weighted by Crippen LogP contribution is -1.96. The molecule has 112 valence electrons. The normalized spacial score (nSPS) is 9.45. The maximum atomic E-state index is 9.98. The molecule has 1 aromatic rings. The van der Waals surface area contributed by atoms with Crippen LogP contribution in [0, 0.1) is 0 Å². The van der Waals surface area contributed by atoms with Crippen LogP contribution in [0.3, 0.4) is 0 Å². The summed E-state index contributed by atoms with van der Waals surface area (Å²) in [6, 6.07) is 4.54. The van der Waals surface area contributed by atoms with Crippen molar-refractivity contribution in [3.05, 3.63) is 22.7 Å². The van der Waals surface area contributed by atoms with E-state index in [1.54, 1.807) is 6.07 Å². The Morgan fingerprint density at radius 1 is 0.900 bits per heavy atom. The van der Waals surface area contributed by atoms with Gasteiger partial charge in [-0.1, -0.05) is 12.5 Å². The molecule has 4 N–H and O–H groups in total. The van der Waals surface area contributed by atoms with Crippen molar-refractivity contribution < 1.29 is 30.0 Å². The Balaban J connectivity index is 0.000000367. The van der Waals surface area contributed by atoms with Crippen molar-refractivity contribution in [1.82, 2.24) is 0 Å². The number of benzene rings is 1. The summed E-state index contributed by atoms with van der Waals surface area (Å²) in [5.41, 5.74) is 0. The molecule has 0 aromatic heterocycles. The third kappa shape index (κ3) is 9.21. The molecule has 1 rings (SSSR count). The Hall–Kier alpha value is -1.76. The molecular formula is C13H17BrO6. The maximum absolute atomic E-state index is 9.98. The molecule has 0 bridgehead atoms. The number of carbonyl (C=O) groups is 2. The summed E-state index contributed by atoms with van der Waals surface area (Å²) in [5, 5.41) is 34.2. The zero-order valence-electron chi connectivity index (χ0n) is 10.8. The number of aromatic hydroxyl groups is 2. The number of hydrogen-bond donors (Lipinski definition) is 4. The molecule has 0 aliphatic carbocycles. The van der Waals surface area contributed by atoms with E-state index in [0.717, 1.165) is 0 Å². The highest BCUT2D eigenvalue weighted by Crippen LogP contribution is 2.31. The minimum Gasteiger partial charge on any atom is -0.507 e. The molecule has 0 saturated heterocycles. The fraction of sp³-hybridized carbons (Fsp3) is 0.385. The Labute approximate surface area is 124 Å². The third-order valence-electron chi connectivity index (χ3n) is 2.24. The largest absolute Gasteiger partial charge is 0.507 e. The number of aliphatic carboxylic acids is 2. The van der Waals surface area contributed by atoms with Crippen molar-refractivity contribution in [3.63, 3.8) is 0 Å². The van der Waals surface area contributed by atoms with Crippen LogP contribution in [0.1, 0.15) is 32.1 Å². The highest BCUT2D eigenvalue weighted by Gasteiger charge is 2.00. The van der Waals surface area contributed by atoms with Crippen molar-refractivity contribution in [3.8, 4) is 11.5 Å². The van der Waals surface area contributed by atoms with Gasteiger partial charge < -0.3 is 20.4 Å². The Bertz CT molecular complexity index is 410. The zero-order valence-corrected chi connectivity index (χ0v) is 12.3. The van der Waals surface area contributed by atoms with Gasteiger partial charge in [-0.05, 0) is 40.9 Å². The van der Waals surface area contributed by atoms with E-state index >= 15 is 0 Å². The number of unbranched alkanes of at least 4 members (excludes halogenated alkanes) is 2. The van der Waals surface area contributed by atoms with Crippen LogP contribution >= 0.6 is 15.9 Å². The van der Waals surface area contributed by atoms with Gasteiger partial charge in [0.2, 0.25) is 0 Å². The number of halogens is 1. The molecule has 0 fully saturated rings. The van der Waals surface area contributed by atoms with Crippen LogP contribution in [0.2, 0.25) is 0 Å². The summed E-state index contributed by atoms with van der Waals surface area (Å²) in [6.07, 6.45) is 2.10. The molecule has 0 atom stereocenters. The molecule has 20 heavy (non-hydrogen) atoms. The molecule has 0 saturated carbocycles. The van der Waals surface area contributed by atoms with Crippen molar-refractivity contribution in [2.75, 3.05) is 0 Å². The summed E-state index contributed by atoms with van der Waals surface area (Å²) in [4.78, 5) is 20.0. The van der Waals surface area contributed by atoms with E-state index in [9.17, 15) is 9.59 Å². The zero-order chi connectivity index (χ0) is 15.5. The van der Waals surface area contributed by atoms with Crippen LogP contribution < -0.4 is 0 Å². The first-order chi connectivity index (χ1) is 9.34. The SMILES string of the molecule is O=C(O)CCCCCC(=O)O.Oc1cccc(O)c1Br. The fourth-order valence-electron chi connectivity index (χ4n) is 1.24. The molecule has 0 amide bonds. The van der Waals surface area contributed by atoms with E-state index in [1.807, 2.05) is 0 Å². The van der Waals surface area contributed by atoms with Gasteiger partial charge >= 0.3 is 11.9 Å². The van der Waals surface area contributed by atoms with Crippen molar-refractivity contribution in [2.24, 2.45) is 0 Å². The summed E-state index contributed by atoms with van der Waals surface area (Å²) in [7, 11) is 0. The second-order valence-corrected chi connectivity index (χ2v) is 4.75. The summed E-state index contributed by atoms with van der Waals surface area (Å²) < 4.78 is 0.338. The smallest absolute Gasteiger partial charge is 0.303 e. The molecule has 0 heterocycles. The monoisotopic (exact) mass is 348 g/mol. The second-order valence-electron chi connectivity index (χ2n) is 3.96. The van der Waals surface area contributed by atoms with E-state index in [4.69, 9.17) is 20.4 Å². The quantitative estimate of drug-likeness (QED) is 0.587. The van der Waals surface area contributed by atoms with Crippen LogP contribution in [-0.4, -0.2) is 32.4 Å². The maximum Gasteiger partial charge on any atom is 0.303 e. The standard InChI is InChI=1S/C7H12O4.C6H5BrO2/c8-6(9)4-2-1-3-5-7(10)11;7-6-4(8)2-1-3-5(6)9/h1-5H2,(H,8,9)(H,10,11);1-3,8-9H. The number of phenols is 2. The van der Waals surface area contributed by atoms with Gasteiger partial charge in [-0.3, -0.25) is 9.59 Å². The number of hydrogen-bond acceptors (Lipinski definition) is 4. The van der Waals surface area contributed by atoms with E-state index in [0.29, 0.717) is 23.7 Å². The van der Waals surface area contributed by atoms with E-state index in [2.05, 4.69) is 15.9 Å². The van der Waals surface area contributed by atoms with E-state index < -0.39 is 11.9 Å². The first kappa shape index (κ1) is 18.2. The van der Waals surface area contributed by atoms with Gasteiger partial charge in [0.1, 0.15) is 16.0 Å². The first-order valence-electron chi connectivity index (χ1n) is 5.94. The highest BCUT2D eigenvalue weighted by molar-refractivity contribution is 9.10. The summed E-state index contributed by atoms with van der Waals surface area (Å²) in [5.74, 6) is -1.54. The number of rotatable bonds is 6. The van der Waals surface area contributed by atoms with Gasteiger partial charge in [0, 0.05) is 12.8 Å². The number of phenolic OH excluding ortho intramolecular Hbond substituents is 2. The molecular weight excluding hydrogens is 332 g/mol. The first-order valence-corrected chi connectivity index (χ1v) is 6.74. The number of carboxylic acid groups (broad SMARTS) is 2. The number of carboxylic acids is 2. The van der Waals surface area contributed by atoms with Crippen LogP contribution in [0.5, 0.6) is 11.5 Å². The van der Waals surface area contributed by atoms with Gasteiger partial charge in [0.25, 0.3) is 0 Å². The predicted octanol–water partition coefficient (Wildman–Crippen LogP) is 2.97. The minimum atomic E-state index is -0.819. The van der Waals surface area contributed by atoms with E-state index in [-0.39, 0.29) is 24.3 Å². The Kier molecular flexibility index (Phi) is 9.19. The molecule has 6 nitrogen and oxygen atoms in total. The van der Waals surface area contributed by atoms with Gasteiger partial charge in [0.15, 0.2) is 0 Å². The molecule has 0 aliphatic heterocycles. The van der Waals surface area contributed by atoms with E-state index in [1.165, 1.54) is 12.1 Å². The fourth-order valence-corrected chi connectivity index (χ4v) is 1.50. The Morgan fingerprint density at radius 3 is 1.60 bits per heavy atom. The second kappa shape index (κ2) is 10.1. The molecule has 7 heteroatoms. The third-order valence-corrected chi connectivity index (χ3v) is 3.05. The lowest BCUT2D eigenvalue weighted by Gasteiger charge is -1.96. The lowest BCUT2D eigenvalue weighted by atomic mass is 10.1. The van der Waals surface area contributed by atoms with Crippen molar-refractivity contribution in [2.45, 2.75) is 32.1 Å². The van der Waals surface area contributed by atoms with Crippen LogP contribution in [0.25, 0.3) is 0 Å². The van der Waals surface area contributed by atoms with Crippen LogP contribution in [0.4, 0.5) is 0 Å². The van der Waals surface area contributed by atoms with Crippen LogP contribution in [-0.2, 0) is 9.59 Å². The van der Waals surface area contributed by atoms with Crippen molar-refractivity contribution in [1.29, 1.82) is 0 Å². The van der Waals surface area contributed by atoms with Gasteiger partial charge in [0.05, 0.1) is 0 Å². The molecule has 0 spiro atoms. The highest BCUT2D eigenvalue weighted by atomic mass is 79.9. The molecule has 0 radical (unpaired) electrons. The molecule has 1 aromatic carbocycles. The molecule has 0 aliphatic rings. The average Bonchev–Trinajstić information content (AvgIpc) is 2.35. The minimum absolute atomic E-state index is 0.0509. The summed E-state index contributed by atoms with van der Waals surface area (Å²) in [6.45, 7) is 0. The van der Waals surface area contributed by atoms with Crippen LogP contribution in [0.15, 0.2) is 22.7 Å². The summed E-state index contributed by atoms with van der Waals surface area (Å²) >= 11 is 2.98. The Morgan fingerprint density at radius 2 is 1.30 bits per heavy atom. The lowest BCUT2D eigenvalue weighted by molar-refractivity contribution is -0.137.